The zero-order valence-electron chi connectivity index (χ0n) is 14.4. The van der Waals surface area contributed by atoms with Crippen molar-refractivity contribution >= 4 is 25.4 Å². The fourth-order valence-corrected chi connectivity index (χ4v) is 3.33. The lowest BCUT2D eigenvalue weighted by atomic mass is 10.00. The molecule has 0 aliphatic heterocycles. The van der Waals surface area contributed by atoms with Crippen LogP contribution in [0.25, 0.3) is 10.8 Å². The third-order valence-electron chi connectivity index (χ3n) is 4.77. The van der Waals surface area contributed by atoms with Gasteiger partial charge in [0, 0.05) is 24.4 Å². The number of pyridine rings is 1. The van der Waals surface area contributed by atoms with E-state index < -0.39 is 14.1 Å². The van der Waals surface area contributed by atoms with Crippen LogP contribution in [0.2, 0.25) is 18.1 Å². The van der Waals surface area contributed by atoms with Crippen LogP contribution in [0.15, 0.2) is 24.5 Å². The molecular formula is C18H24FNO2Si. The molecule has 124 valence electrons. The molecule has 0 spiro atoms. The lowest BCUT2D eigenvalue weighted by Gasteiger charge is -2.36. The number of carbonyl (C=O) groups is 1. The van der Waals surface area contributed by atoms with Crippen molar-refractivity contribution in [2.45, 2.75) is 45.3 Å². The van der Waals surface area contributed by atoms with Gasteiger partial charge in [-0.2, -0.15) is 0 Å². The van der Waals surface area contributed by atoms with Gasteiger partial charge in [-0.15, -0.1) is 0 Å². The van der Waals surface area contributed by atoms with Gasteiger partial charge < -0.3 is 4.43 Å². The number of halogens is 1. The van der Waals surface area contributed by atoms with Gasteiger partial charge in [0.2, 0.25) is 0 Å². The fraction of sp³-hybridized carbons (Fsp3) is 0.444. The van der Waals surface area contributed by atoms with Gasteiger partial charge in [-0.25, -0.2) is 4.39 Å². The summed E-state index contributed by atoms with van der Waals surface area (Å²) in [5, 5.41) is 1.57. The number of carbonyl (C=O) groups excluding carboxylic acids is 1. The highest BCUT2D eigenvalue weighted by molar-refractivity contribution is 6.74. The maximum Gasteiger partial charge on any atom is 0.191 e. The van der Waals surface area contributed by atoms with E-state index in [2.05, 4.69) is 38.8 Å². The molecule has 2 aromatic rings. The summed E-state index contributed by atoms with van der Waals surface area (Å²) in [6.45, 7) is 11.5. The Bertz CT molecular complexity index is 723. The summed E-state index contributed by atoms with van der Waals surface area (Å²) in [5.74, 6) is -0.485. The molecule has 0 unspecified atom stereocenters. The maximum atomic E-state index is 14.1. The predicted molar refractivity (Wildman–Crippen MR) is 93.9 cm³/mol. The van der Waals surface area contributed by atoms with Gasteiger partial charge in [-0.1, -0.05) is 20.8 Å². The fourth-order valence-electron chi connectivity index (χ4n) is 2.28. The molecule has 23 heavy (non-hydrogen) atoms. The molecule has 2 rings (SSSR count). The van der Waals surface area contributed by atoms with Gasteiger partial charge in [-0.3, -0.25) is 9.78 Å². The number of aromatic nitrogens is 1. The summed E-state index contributed by atoms with van der Waals surface area (Å²) in [4.78, 5) is 15.2. The Labute approximate surface area is 138 Å². The number of benzene rings is 1. The molecule has 0 amide bonds. The van der Waals surface area contributed by atoms with Crippen molar-refractivity contribution in [1.29, 1.82) is 0 Å². The number of hydrogen-bond acceptors (Lipinski definition) is 3. The quantitative estimate of drug-likeness (QED) is 0.585. The van der Waals surface area contributed by atoms with E-state index in [0.717, 1.165) is 10.9 Å². The van der Waals surface area contributed by atoms with Crippen molar-refractivity contribution in [1.82, 2.24) is 4.98 Å². The number of aldehydes is 1. The Balaban J connectivity index is 2.27. The van der Waals surface area contributed by atoms with E-state index in [1.54, 1.807) is 18.5 Å². The molecule has 0 bridgehead atoms. The molecule has 0 saturated heterocycles. The first-order valence-corrected chi connectivity index (χ1v) is 10.7. The molecule has 1 aromatic heterocycles. The number of rotatable bonds is 5. The second kappa shape index (κ2) is 6.49. The average Bonchev–Trinajstić information content (AvgIpc) is 2.46. The molecule has 0 saturated carbocycles. The smallest absolute Gasteiger partial charge is 0.191 e. The van der Waals surface area contributed by atoms with Crippen molar-refractivity contribution in [3.8, 4) is 0 Å². The van der Waals surface area contributed by atoms with E-state index in [4.69, 9.17) is 4.43 Å². The van der Waals surface area contributed by atoms with Crippen molar-refractivity contribution in [3.05, 3.63) is 41.5 Å². The van der Waals surface area contributed by atoms with Gasteiger partial charge in [0.25, 0.3) is 0 Å². The van der Waals surface area contributed by atoms with Crippen LogP contribution in [0.3, 0.4) is 0 Å². The molecule has 5 heteroatoms. The second-order valence-corrected chi connectivity index (χ2v) is 12.1. The summed E-state index contributed by atoms with van der Waals surface area (Å²) < 4.78 is 20.3. The number of fused-ring (bicyclic) bond motifs is 1. The van der Waals surface area contributed by atoms with Crippen LogP contribution in [0.5, 0.6) is 0 Å². The molecule has 1 heterocycles. The summed E-state index contributed by atoms with van der Waals surface area (Å²) in [5.41, 5.74) is 0.923. The first-order valence-electron chi connectivity index (χ1n) is 7.81. The SMILES string of the molecule is CC(C)(C)[Si](C)(C)OCCc1cc(F)c(C=O)c2ccncc12. The zero-order chi connectivity index (χ0) is 17.3. The van der Waals surface area contributed by atoms with Crippen LogP contribution in [0.4, 0.5) is 4.39 Å². The standard InChI is InChI=1S/C18H24FNO2Si/c1-18(2,3)23(4,5)22-9-7-13-10-17(19)16(12-21)14-6-8-20-11-15(13)14/h6,8,10-12H,7,9H2,1-5H3. The highest BCUT2D eigenvalue weighted by Crippen LogP contribution is 2.36. The monoisotopic (exact) mass is 333 g/mol. The Kier molecular flexibility index (Phi) is 5.01. The van der Waals surface area contributed by atoms with Crippen LogP contribution in [0, 0.1) is 5.82 Å². The van der Waals surface area contributed by atoms with Gasteiger partial charge in [0.15, 0.2) is 14.6 Å². The van der Waals surface area contributed by atoms with Crippen LogP contribution < -0.4 is 0 Å². The van der Waals surface area contributed by atoms with Crippen LogP contribution in [-0.2, 0) is 10.8 Å². The van der Waals surface area contributed by atoms with E-state index in [0.29, 0.717) is 24.7 Å². The summed E-state index contributed by atoms with van der Waals surface area (Å²) >= 11 is 0. The Morgan fingerprint density at radius 2 is 2.00 bits per heavy atom. The van der Waals surface area contributed by atoms with Crippen molar-refractivity contribution in [2.24, 2.45) is 0 Å². The van der Waals surface area contributed by atoms with Crippen molar-refractivity contribution < 1.29 is 13.6 Å². The lowest BCUT2D eigenvalue weighted by Crippen LogP contribution is -2.41. The lowest BCUT2D eigenvalue weighted by molar-refractivity contribution is 0.112. The third kappa shape index (κ3) is 3.67. The Morgan fingerprint density at radius 3 is 2.61 bits per heavy atom. The molecule has 0 radical (unpaired) electrons. The summed E-state index contributed by atoms with van der Waals surface area (Å²) in [6, 6.07) is 3.11. The molecule has 0 atom stereocenters. The molecule has 0 fully saturated rings. The van der Waals surface area contributed by atoms with E-state index in [1.165, 1.54) is 6.07 Å². The highest BCUT2D eigenvalue weighted by atomic mass is 28.4. The number of nitrogens with zero attached hydrogens (tertiary/aromatic N) is 1. The number of hydrogen-bond donors (Lipinski definition) is 0. The van der Waals surface area contributed by atoms with E-state index >= 15 is 0 Å². The maximum absolute atomic E-state index is 14.1. The second-order valence-electron chi connectivity index (χ2n) is 7.33. The van der Waals surface area contributed by atoms with Crippen LogP contribution >= 0.6 is 0 Å². The van der Waals surface area contributed by atoms with Crippen LogP contribution in [-0.4, -0.2) is 26.2 Å². The molecule has 1 aromatic carbocycles. The average molecular weight is 333 g/mol. The molecule has 0 aliphatic carbocycles. The van der Waals surface area contributed by atoms with E-state index in [9.17, 15) is 9.18 Å². The largest absolute Gasteiger partial charge is 0.416 e. The molecule has 0 N–H and O–H groups in total. The first-order chi connectivity index (χ1) is 10.7. The summed E-state index contributed by atoms with van der Waals surface area (Å²) in [6.07, 6.45) is 4.42. The van der Waals surface area contributed by atoms with E-state index in [1.807, 2.05) is 0 Å². The summed E-state index contributed by atoms with van der Waals surface area (Å²) in [7, 11) is -1.82. The molecule has 3 nitrogen and oxygen atoms in total. The minimum atomic E-state index is -1.82. The topological polar surface area (TPSA) is 39.2 Å². The normalized spacial score (nSPS) is 12.6. The first kappa shape index (κ1) is 17.8. The molecule has 0 aliphatic rings. The van der Waals surface area contributed by atoms with Gasteiger partial charge in [0.05, 0.1) is 5.56 Å². The van der Waals surface area contributed by atoms with E-state index in [-0.39, 0.29) is 10.6 Å². The Hall–Kier alpha value is -1.59. The predicted octanol–water partition coefficient (Wildman–Crippen LogP) is 4.75. The van der Waals surface area contributed by atoms with Gasteiger partial charge in [-0.05, 0) is 47.6 Å². The van der Waals surface area contributed by atoms with Crippen molar-refractivity contribution in [2.75, 3.05) is 6.61 Å². The zero-order valence-corrected chi connectivity index (χ0v) is 15.4. The molecular weight excluding hydrogens is 309 g/mol. The minimum absolute atomic E-state index is 0.0939. The van der Waals surface area contributed by atoms with Gasteiger partial charge in [0.1, 0.15) is 5.82 Å². The van der Waals surface area contributed by atoms with Crippen molar-refractivity contribution in [3.63, 3.8) is 0 Å². The van der Waals surface area contributed by atoms with Crippen LogP contribution in [0.1, 0.15) is 36.7 Å². The minimum Gasteiger partial charge on any atom is -0.416 e. The Morgan fingerprint density at radius 1 is 1.30 bits per heavy atom. The van der Waals surface area contributed by atoms with Gasteiger partial charge >= 0.3 is 0 Å². The third-order valence-corrected chi connectivity index (χ3v) is 9.31. The highest BCUT2D eigenvalue weighted by Gasteiger charge is 2.36.